The van der Waals surface area contributed by atoms with Gasteiger partial charge in [0.1, 0.15) is 24.1 Å². The second-order valence-corrected chi connectivity index (χ2v) is 9.24. The fraction of sp³-hybridized carbons (Fsp3) is 0.259. The molecule has 0 atom stereocenters. The first-order valence-electron chi connectivity index (χ1n) is 11.8. The summed E-state index contributed by atoms with van der Waals surface area (Å²) in [4.78, 5) is 26.7. The number of aryl methyl sites for hydroxylation is 1. The van der Waals surface area contributed by atoms with Crippen molar-refractivity contribution in [1.82, 2.24) is 13.7 Å². The van der Waals surface area contributed by atoms with Crippen LogP contribution in [0, 0.1) is 5.82 Å². The minimum absolute atomic E-state index is 0.127. The van der Waals surface area contributed by atoms with Crippen LogP contribution >= 0.6 is 11.6 Å². The molecule has 0 aliphatic rings. The van der Waals surface area contributed by atoms with E-state index in [1.165, 1.54) is 25.8 Å². The predicted octanol–water partition coefficient (Wildman–Crippen LogP) is 4.26. The monoisotopic (exact) mass is 526 g/mol. The summed E-state index contributed by atoms with van der Waals surface area (Å²) in [5.74, 6) is -0.399. The van der Waals surface area contributed by atoms with Crippen LogP contribution in [0.15, 0.2) is 64.4 Å². The van der Waals surface area contributed by atoms with Crippen molar-refractivity contribution in [1.29, 1.82) is 0 Å². The Morgan fingerprint density at radius 1 is 1.00 bits per heavy atom. The van der Waals surface area contributed by atoms with Gasteiger partial charge in [-0.1, -0.05) is 31.0 Å². The van der Waals surface area contributed by atoms with Crippen LogP contribution in [0.3, 0.4) is 0 Å². The third kappa shape index (κ3) is 5.05. The second-order valence-electron chi connectivity index (χ2n) is 8.84. The van der Waals surface area contributed by atoms with Gasteiger partial charge in [0.2, 0.25) is 0 Å². The number of anilines is 1. The highest BCUT2D eigenvalue weighted by Gasteiger charge is 2.19. The van der Waals surface area contributed by atoms with E-state index < -0.39 is 5.82 Å². The van der Waals surface area contributed by atoms with Crippen molar-refractivity contribution >= 4 is 17.4 Å². The number of unbranched alkanes of at least 4 members (excludes halogenated alkanes) is 1. The van der Waals surface area contributed by atoms with Crippen molar-refractivity contribution in [3.63, 3.8) is 0 Å². The van der Waals surface area contributed by atoms with Crippen LogP contribution in [-0.2, 0) is 14.1 Å². The molecule has 0 unspecified atom stereocenters. The highest BCUT2D eigenvalue weighted by atomic mass is 35.5. The van der Waals surface area contributed by atoms with Gasteiger partial charge < -0.3 is 19.7 Å². The Bertz CT molecular complexity index is 1570. The zero-order valence-electron chi connectivity index (χ0n) is 20.8. The van der Waals surface area contributed by atoms with Crippen LogP contribution < -0.4 is 16.1 Å². The molecular weight excluding hydrogens is 499 g/mol. The van der Waals surface area contributed by atoms with Gasteiger partial charge in [0.15, 0.2) is 0 Å². The molecule has 2 heterocycles. The molecule has 0 radical (unpaired) electrons. The molecule has 0 amide bonds. The maximum absolute atomic E-state index is 14.8. The Hall–Kier alpha value is -3.82. The molecule has 0 saturated heterocycles. The summed E-state index contributed by atoms with van der Waals surface area (Å²) in [5, 5.41) is 21.3. The number of hydrogen-bond acceptors (Lipinski definition) is 5. The van der Waals surface area contributed by atoms with E-state index in [-0.39, 0.29) is 39.9 Å². The molecule has 0 spiro atoms. The molecule has 0 aliphatic carbocycles. The quantitative estimate of drug-likeness (QED) is 0.335. The number of benzene rings is 2. The van der Waals surface area contributed by atoms with E-state index in [0.29, 0.717) is 29.2 Å². The standard InChI is InChI=1S/C27H28ClFN4O4/c1-4-5-8-32(16-34)24-12-18(13-25(35)31(24)3)21-15-19(29)14-20(26(21)36)17-6-7-23(22(28)11-17)33-10-9-30(2)27(33)37/h6-7,9-15,34,36H,4-5,8,16H2,1-3H3. The third-order valence-corrected chi connectivity index (χ3v) is 6.67. The second kappa shape index (κ2) is 10.7. The number of imidazole rings is 1. The Morgan fingerprint density at radius 2 is 1.70 bits per heavy atom. The van der Waals surface area contributed by atoms with Crippen molar-refractivity contribution in [2.75, 3.05) is 18.2 Å². The molecule has 0 bridgehead atoms. The molecule has 194 valence electrons. The highest BCUT2D eigenvalue weighted by Crippen LogP contribution is 2.40. The first-order valence-corrected chi connectivity index (χ1v) is 12.2. The molecule has 2 aromatic carbocycles. The van der Waals surface area contributed by atoms with Crippen molar-refractivity contribution in [3.8, 4) is 33.7 Å². The minimum Gasteiger partial charge on any atom is -0.507 e. The van der Waals surface area contributed by atoms with E-state index in [4.69, 9.17) is 11.6 Å². The average molecular weight is 527 g/mol. The topological polar surface area (TPSA) is 92.6 Å². The number of halogens is 2. The van der Waals surface area contributed by atoms with Crippen LogP contribution in [0.4, 0.5) is 10.2 Å². The van der Waals surface area contributed by atoms with Gasteiger partial charge in [0, 0.05) is 50.2 Å². The van der Waals surface area contributed by atoms with Crippen LogP contribution in [-0.4, -0.2) is 37.2 Å². The number of aliphatic hydroxyl groups is 1. The summed E-state index contributed by atoms with van der Waals surface area (Å²) < 4.78 is 19.0. The maximum Gasteiger partial charge on any atom is 0.332 e. The number of aromatic nitrogens is 3. The summed E-state index contributed by atoms with van der Waals surface area (Å²) in [7, 11) is 3.22. The third-order valence-electron chi connectivity index (χ3n) is 6.37. The van der Waals surface area contributed by atoms with Gasteiger partial charge in [-0.15, -0.1) is 0 Å². The molecule has 0 saturated carbocycles. The van der Waals surface area contributed by atoms with Crippen LogP contribution in [0.2, 0.25) is 5.02 Å². The maximum atomic E-state index is 14.8. The lowest BCUT2D eigenvalue weighted by molar-refractivity contribution is 0.287. The zero-order chi connectivity index (χ0) is 26.9. The number of aliphatic hydroxyl groups excluding tert-OH is 1. The van der Waals surface area contributed by atoms with E-state index in [9.17, 15) is 24.2 Å². The molecular formula is C27H28ClFN4O4. The fourth-order valence-corrected chi connectivity index (χ4v) is 4.51. The Morgan fingerprint density at radius 3 is 2.30 bits per heavy atom. The van der Waals surface area contributed by atoms with E-state index in [2.05, 4.69) is 0 Å². The minimum atomic E-state index is -0.616. The zero-order valence-corrected chi connectivity index (χ0v) is 21.5. The van der Waals surface area contributed by atoms with Crippen LogP contribution in [0.25, 0.3) is 27.9 Å². The summed E-state index contributed by atoms with van der Waals surface area (Å²) >= 11 is 6.48. The largest absolute Gasteiger partial charge is 0.507 e. The molecule has 2 aromatic heterocycles. The van der Waals surface area contributed by atoms with Gasteiger partial charge in [0.05, 0.1) is 10.7 Å². The average Bonchev–Trinajstić information content (AvgIpc) is 3.20. The van der Waals surface area contributed by atoms with Crippen molar-refractivity contribution in [2.45, 2.75) is 19.8 Å². The van der Waals surface area contributed by atoms with Crippen molar-refractivity contribution in [3.05, 3.63) is 86.5 Å². The first-order chi connectivity index (χ1) is 17.7. The lowest BCUT2D eigenvalue weighted by Crippen LogP contribution is -2.31. The number of phenols is 1. The number of pyridine rings is 1. The van der Waals surface area contributed by atoms with Crippen molar-refractivity contribution < 1.29 is 14.6 Å². The summed E-state index contributed by atoms with van der Waals surface area (Å²) in [5.41, 5.74) is 0.846. The Balaban J connectivity index is 1.82. The number of phenolic OH excluding ortho intramolecular Hbond substituents is 1. The number of aromatic hydroxyl groups is 1. The van der Waals surface area contributed by atoms with E-state index in [1.807, 2.05) is 6.92 Å². The lowest BCUT2D eigenvalue weighted by Gasteiger charge is -2.25. The van der Waals surface area contributed by atoms with Gasteiger partial charge >= 0.3 is 5.69 Å². The molecule has 4 aromatic rings. The van der Waals surface area contributed by atoms with E-state index in [0.717, 1.165) is 18.9 Å². The molecule has 4 rings (SSSR count). The normalized spacial score (nSPS) is 11.2. The summed E-state index contributed by atoms with van der Waals surface area (Å²) in [6, 6.07) is 10.1. The lowest BCUT2D eigenvalue weighted by atomic mass is 9.97. The van der Waals surface area contributed by atoms with E-state index >= 15 is 0 Å². The molecule has 37 heavy (non-hydrogen) atoms. The number of hydrogen-bond donors (Lipinski definition) is 2. The summed E-state index contributed by atoms with van der Waals surface area (Å²) in [6.45, 7) is 2.25. The first kappa shape index (κ1) is 26.2. The van der Waals surface area contributed by atoms with Gasteiger partial charge in [-0.3, -0.25) is 13.9 Å². The van der Waals surface area contributed by atoms with Crippen molar-refractivity contribution in [2.24, 2.45) is 14.1 Å². The van der Waals surface area contributed by atoms with Crippen LogP contribution in [0.1, 0.15) is 19.8 Å². The molecule has 0 aliphatic heterocycles. The number of rotatable bonds is 8. The molecule has 10 heteroatoms. The molecule has 2 N–H and O–H groups in total. The Kier molecular flexibility index (Phi) is 7.56. The Labute approximate surface area is 218 Å². The SMILES string of the molecule is CCCCN(CO)c1cc(-c2cc(F)cc(-c3ccc(-n4ccn(C)c4=O)c(Cl)c3)c2O)cc(=O)n1C. The molecule has 8 nitrogen and oxygen atoms in total. The van der Waals surface area contributed by atoms with Gasteiger partial charge in [-0.2, -0.15) is 0 Å². The van der Waals surface area contributed by atoms with Gasteiger partial charge in [0.25, 0.3) is 5.56 Å². The smallest absolute Gasteiger partial charge is 0.332 e. The van der Waals surface area contributed by atoms with Gasteiger partial charge in [-0.05, 0) is 47.9 Å². The van der Waals surface area contributed by atoms with Gasteiger partial charge in [-0.25, -0.2) is 9.18 Å². The van der Waals surface area contributed by atoms with E-state index in [1.54, 1.807) is 55.7 Å². The fourth-order valence-electron chi connectivity index (χ4n) is 4.24. The summed E-state index contributed by atoms with van der Waals surface area (Å²) in [6.07, 6.45) is 4.90. The highest BCUT2D eigenvalue weighted by molar-refractivity contribution is 6.32. The predicted molar refractivity (Wildman–Crippen MR) is 143 cm³/mol. The number of nitrogens with zero attached hydrogens (tertiary/aromatic N) is 4. The van der Waals surface area contributed by atoms with Crippen LogP contribution in [0.5, 0.6) is 5.75 Å². The molecule has 0 fully saturated rings.